The third-order valence-electron chi connectivity index (χ3n) is 3.72. The van der Waals surface area contributed by atoms with Crippen LogP contribution in [0.2, 0.25) is 0 Å². The van der Waals surface area contributed by atoms with E-state index in [4.69, 9.17) is 4.74 Å². The van der Waals surface area contributed by atoms with Crippen LogP contribution in [0.5, 0.6) is 5.75 Å². The molecule has 128 valence electrons. The predicted molar refractivity (Wildman–Crippen MR) is 97.8 cm³/mol. The molecule has 0 bridgehead atoms. The fraction of sp³-hybridized carbons (Fsp3) is 0.200. The number of ether oxygens (including phenoxy) is 1. The van der Waals surface area contributed by atoms with Crippen molar-refractivity contribution in [3.05, 3.63) is 73.0 Å². The van der Waals surface area contributed by atoms with Gasteiger partial charge in [0.2, 0.25) is 0 Å². The summed E-state index contributed by atoms with van der Waals surface area (Å²) in [5.41, 5.74) is 1.75. The minimum absolute atomic E-state index is 0.102. The van der Waals surface area contributed by atoms with Gasteiger partial charge in [-0.15, -0.1) is 0 Å². The first kappa shape index (κ1) is 16.8. The molecule has 0 fully saturated rings. The molecule has 0 amide bonds. The molecular formula is C20H21N3O2. The molecular weight excluding hydrogens is 314 g/mol. The normalized spacial score (nSPS) is 12.6. The molecule has 0 aliphatic heterocycles. The van der Waals surface area contributed by atoms with Crippen molar-refractivity contribution in [3.63, 3.8) is 0 Å². The highest BCUT2D eigenvalue weighted by atomic mass is 16.5. The summed E-state index contributed by atoms with van der Waals surface area (Å²) in [7, 11) is 0. The number of hydrogen-bond acceptors (Lipinski definition) is 4. The Morgan fingerprint density at radius 2 is 1.60 bits per heavy atom. The minimum Gasteiger partial charge on any atom is -0.506 e. The van der Waals surface area contributed by atoms with Crippen molar-refractivity contribution >= 4 is 5.88 Å². The Morgan fingerprint density at radius 3 is 2.16 bits per heavy atom. The fourth-order valence-electron chi connectivity index (χ4n) is 2.30. The molecule has 3 aromatic rings. The molecule has 1 heterocycles. The molecule has 0 saturated carbocycles. The molecule has 25 heavy (non-hydrogen) atoms. The summed E-state index contributed by atoms with van der Waals surface area (Å²) in [6, 6.07) is 17.8. The van der Waals surface area contributed by atoms with E-state index in [1.54, 1.807) is 0 Å². The van der Waals surface area contributed by atoms with Crippen LogP contribution >= 0.6 is 0 Å². The van der Waals surface area contributed by atoms with Crippen molar-refractivity contribution in [2.24, 2.45) is 5.41 Å². The second kappa shape index (κ2) is 6.81. The molecule has 0 atom stereocenters. The van der Waals surface area contributed by atoms with Gasteiger partial charge in [-0.1, -0.05) is 63.2 Å². The smallest absolute Gasteiger partial charge is 0.261 e. The van der Waals surface area contributed by atoms with Gasteiger partial charge >= 0.3 is 0 Å². The van der Waals surface area contributed by atoms with Gasteiger partial charge in [-0.2, -0.15) is 9.78 Å². The van der Waals surface area contributed by atoms with E-state index in [-0.39, 0.29) is 11.6 Å². The molecule has 5 nitrogen and oxygen atoms in total. The number of nitrogens with zero attached hydrogens (tertiary/aromatic N) is 3. The summed E-state index contributed by atoms with van der Waals surface area (Å²) < 4.78 is 7.35. The first-order valence-corrected chi connectivity index (χ1v) is 8.07. The minimum atomic E-state index is -0.481. The largest absolute Gasteiger partial charge is 0.506 e. The molecule has 0 spiro atoms. The lowest BCUT2D eigenvalue weighted by Crippen LogP contribution is -2.17. The lowest BCUT2D eigenvalue weighted by molar-refractivity contribution is 0.257. The van der Waals surface area contributed by atoms with Crippen LogP contribution in [0.3, 0.4) is 0 Å². The summed E-state index contributed by atoms with van der Waals surface area (Å²) >= 11 is 0. The Kier molecular flexibility index (Phi) is 4.57. The maximum absolute atomic E-state index is 10.6. The molecule has 0 saturated heterocycles. The van der Waals surface area contributed by atoms with Crippen LogP contribution in [0.15, 0.2) is 73.0 Å². The van der Waals surface area contributed by atoms with E-state index in [1.165, 1.54) is 17.3 Å². The SMILES string of the molecule is CC(C)(C)C(O)=C(Oc1ccc(-c2ccccc2)cc1)n1cncn1. The number of benzene rings is 2. The Bertz CT molecular complexity index is 846. The average Bonchev–Trinajstić information content (AvgIpc) is 3.14. The molecule has 0 aliphatic rings. The van der Waals surface area contributed by atoms with E-state index in [1.807, 2.05) is 63.2 Å². The van der Waals surface area contributed by atoms with Crippen LogP contribution < -0.4 is 4.74 Å². The highest BCUT2D eigenvalue weighted by molar-refractivity contribution is 5.64. The third kappa shape index (κ3) is 3.88. The van der Waals surface area contributed by atoms with Gasteiger partial charge in [-0.25, -0.2) is 4.98 Å². The first-order valence-electron chi connectivity index (χ1n) is 8.07. The fourth-order valence-corrected chi connectivity index (χ4v) is 2.30. The highest BCUT2D eigenvalue weighted by Crippen LogP contribution is 2.30. The van der Waals surface area contributed by atoms with Crippen LogP contribution in [0.4, 0.5) is 0 Å². The van der Waals surface area contributed by atoms with E-state index in [0.29, 0.717) is 5.75 Å². The van der Waals surface area contributed by atoms with Crippen LogP contribution in [-0.4, -0.2) is 19.9 Å². The molecule has 0 aliphatic carbocycles. The zero-order valence-corrected chi connectivity index (χ0v) is 14.5. The monoisotopic (exact) mass is 335 g/mol. The summed E-state index contributed by atoms with van der Waals surface area (Å²) in [6.45, 7) is 5.71. The Hall–Kier alpha value is -3.08. The van der Waals surface area contributed by atoms with Crippen LogP contribution in [-0.2, 0) is 0 Å². The zero-order valence-electron chi connectivity index (χ0n) is 14.5. The molecule has 1 N–H and O–H groups in total. The van der Waals surface area contributed by atoms with Crippen molar-refractivity contribution in [2.45, 2.75) is 20.8 Å². The number of aromatic nitrogens is 3. The molecule has 0 unspecified atom stereocenters. The lowest BCUT2D eigenvalue weighted by Gasteiger charge is -2.21. The van der Waals surface area contributed by atoms with E-state index < -0.39 is 5.41 Å². The summed E-state index contributed by atoms with van der Waals surface area (Å²) in [5.74, 6) is 0.962. The van der Waals surface area contributed by atoms with Gasteiger partial charge in [0.1, 0.15) is 18.4 Å². The van der Waals surface area contributed by atoms with E-state index in [2.05, 4.69) is 22.2 Å². The van der Waals surface area contributed by atoms with E-state index in [0.717, 1.165) is 11.1 Å². The van der Waals surface area contributed by atoms with E-state index in [9.17, 15) is 5.11 Å². The van der Waals surface area contributed by atoms with Crippen molar-refractivity contribution in [1.82, 2.24) is 14.8 Å². The maximum atomic E-state index is 10.6. The predicted octanol–water partition coefficient (Wildman–Crippen LogP) is 4.75. The topological polar surface area (TPSA) is 60.2 Å². The molecule has 0 radical (unpaired) electrons. The Morgan fingerprint density at radius 1 is 0.960 bits per heavy atom. The second-order valence-corrected chi connectivity index (χ2v) is 6.74. The number of aliphatic hydroxyl groups excluding tert-OH is 1. The lowest BCUT2D eigenvalue weighted by atomic mass is 9.94. The summed E-state index contributed by atoms with van der Waals surface area (Å²) in [6.07, 6.45) is 2.90. The van der Waals surface area contributed by atoms with Gasteiger partial charge in [0.25, 0.3) is 5.88 Å². The number of hydrogen-bond donors (Lipinski definition) is 1. The number of rotatable bonds is 4. The van der Waals surface area contributed by atoms with Crippen molar-refractivity contribution in [2.75, 3.05) is 0 Å². The van der Waals surface area contributed by atoms with Crippen LogP contribution in [0.1, 0.15) is 20.8 Å². The number of allylic oxidation sites excluding steroid dienone is 1. The van der Waals surface area contributed by atoms with Gasteiger partial charge < -0.3 is 9.84 Å². The number of aliphatic hydroxyl groups is 1. The van der Waals surface area contributed by atoms with Gasteiger partial charge in [0.15, 0.2) is 5.76 Å². The van der Waals surface area contributed by atoms with Gasteiger partial charge in [0.05, 0.1) is 0 Å². The standard InChI is InChI=1S/C20H21N3O2/c1-20(2,3)18(24)19(23-14-21-13-22-23)25-17-11-9-16(10-12-17)15-7-5-4-6-8-15/h4-14,24H,1-3H3. The van der Waals surface area contributed by atoms with Crippen LogP contribution in [0.25, 0.3) is 17.0 Å². The highest BCUT2D eigenvalue weighted by Gasteiger charge is 2.24. The Balaban J connectivity index is 1.91. The quantitative estimate of drug-likeness (QED) is 0.699. The average molecular weight is 335 g/mol. The van der Waals surface area contributed by atoms with Gasteiger partial charge in [0, 0.05) is 5.41 Å². The maximum Gasteiger partial charge on any atom is 0.261 e. The summed E-state index contributed by atoms with van der Waals surface area (Å²) in [5, 5.41) is 14.7. The molecule has 5 heteroatoms. The Labute approximate surface area is 147 Å². The third-order valence-corrected chi connectivity index (χ3v) is 3.72. The second-order valence-electron chi connectivity index (χ2n) is 6.74. The van der Waals surface area contributed by atoms with Crippen molar-refractivity contribution in [3.8, 4) is 16.9 Å². The molecule has 2 aromatic carbocycles. The molecule has 1 aromatic heterocycles. The summed E-state index contributed by atoms with van der Waals surface area (Å²) in [4.78, 5) is 3.93. The van der Waals surface area contributed by atoms with E-state index >= 15 is 0 Å². The zero-order chi connectivity index (χ0) is 17.9. The van der Waals surface area contributed by atoms with Crippen molar-refractivity contribution in [1.29, 1.82) is 0 Å². The van der Waals surface area contributed by atoms with Crippen molar-refractivity contribution < 1.29 is 9.84 Å². The van der Waals surface area contributed by atoms with Gasteiger partial charge in [-0.05, 0) is 23.3 Å². The first-order chi connectivity index (χ1) is 11.9. The van der Waals surface area contributed by atoms with Crippen LogP contribution in [0, 0.1) is 5.41 Å². The van der Waals surface area contributed by atoms with Gasteiger partial charge in [-0.3, -0.25) is 0 Å². The molecule has 3 rings (SSSR count).